The average Bonchev–Trinajstić information content (AvgIpc) is 3.75. The number of allylic oxidation sites excluding steroid dienone is 1. The van der Waals surface area contributed by atoms with Crippen LogP contribution in [0.15, 0.2) is 78.9 Å². The normalized spacial score (nSPS) is 15.4. The Kier molecular flexibility index (Phi) is 14.9. The van der Waals surface area contributed by atoms with Crippen LogP contribution in [0.25, 0.3) is 6.08 Å². The number of nitro groups is 1. The highest BCUT2D eigenvalue weighted by atomic mass is 16.6. The number of aliphatic hydroxyl groups excluding tert-OH is 1. The van der Waals surface area contributed by atoms with Gasteiger partial charge in [0.1, 0.15) is 18.1 Å². The van der Waals surface area contributed by atoms with E-state index in [0.717, 1.165) is 29.3 Å². The van der Waals surface area contributed by atoms with Crippen LogP contribution in [-0.2, 0) is 11.2 Å². The molecule has 15 nitrogen and oxygen atoms in total. The molecule has 15 heteroatoms. The molecule has 0 radical (unpaired) electrons. The van der Waals surface area contributed by atoms with Gasteiger partial charge in [0.05, 0.1) is 36.1 Å². The summed E-state index contributed by atoms with van der Waals surface area (Å²) in [6.07, 6.45) is 7.58. The highest BCUT2D eigenvalue weighted by molar-refractivity contribution is 6.08. The van der Waals surface area contributed by atoms with Crippen LogP contribution in [-0.4, -0.2) is 66.1 Å². The van der Waals surface area contributed by atoms with Crippen molar-refractivity contribution in [3.63, 3.8) is 0 Å². The first-order valence-electron chi connectivity index (χ1n) is 20.9. The van der Waals surface area contributed by atoms with Crippen molar-refractivity contribution in [1.29, 1.82) is 0 Å². The van der Waals surface area contributed by atoms with Crippen molar-refractivity contribution < 1.29 is 43.4 Å². The third-order valence-corrected chi connectivity index (χ3v) is 10.4. The van der Waals surface area contributed by atoms with Crippen molar-refractivity contribution in [2.45, 2.75) is 65.8 Å². The van der Waals surface area contributed by atoms with Gasteiger partial charge in [-0.25, -0.2) is 0 Å². The van der Waals surface area contributed by atoms with Gasteiger partial charge in [-0.3, -0.25) is 29.3 Å². The molecular weight excluding hydrogens is 795 g/mol. The van der Waals surface area contributed by atoms with Crippen LogP contribution in [0, 0.1) is 27.9 Å². The fourth-order valence-electron chi connectivity index (χ4n) is 7.16. The molecule has 0 bridgehead atoms. The topological polar surface area (TPSA) is 207 Å². The predicted octanol–water partition coefficient (Wildman–Crippen LogP) is 8.04. The van der Waals surface area contributed by atoms with E-state index >= 15 is 0 Å². The Bertz CT molecular complexity index is 2330. The Labute approximate surface area is 360 Å². The highest BCUT2D eigenvalue weighted by Gasteiger charge is 2.29. The maximum absolute atomic E-state index is 13.8. The zero-order chi connectivity index (χ0) is 44.3. The van der Waals surface area contributed by atoms with Crippen LogP contribution in [0.3, 0.4) is 0 Å². The summed E-state index contributed by atoms with van der Waals surface area (Å²) in [7, 11) is 0. The van der Waals surface area contributed by atoms with Gasteiger partial charge in [0.25, 0.3) is 17.7 Å². The molecule has 1 fully saturated rings. The minimum atomic E-state index is -0.646. The van der Waals surface area contributed by atoms with Gasteiger partial charge in [-0.15, -0.1) is 0 Å². The summed E-state index contributed by atoms with van der Waals surface area (Å²) in [6.45, 7) is 7.89. The number of nitrogens with zero attached hydrogens (tertiary/aromatic N) is 1. The zero-order valence-electron chi connectivity index (χ0n) is 35.3. The molecule has 0 aromatic heterocycles. The molecule has 4 aromatic carbocycles. The van der Waals surface area contributed by atoms with Crippen LogP contribution in [0.1, 0.15) is 95.6 Å². The largest absolute Gasteiger partial charge is 0.491 e. The number of carbonyl (C=O) groups is 4. The molecule has 0 atom stereocenters. The van der Waals surface area contributed by atoms with E-state index in [1.54, 1.807) is 18.2 Å². The van der Waals surface area contributed by atoms with Crippen LogP contribution in [0.4, 0.5) is 22.7 Å². The van der Waals surface area contributed by atoms with Crippen LogP contribution in [0.2, 0.25) is 0 Å². The summed E-state index contributed by atoms with van der Waals surface area (Å²) in [4.78, 5) is 64.7. The lowest BCUT2D eigenvalue weighted by Crippen LogP contribution is -2.39. The van der Waals surface area contributed by atoms with E-state index in [9.17, 15) is 29.3 Å². The van der Waals surface area contributed by atoms with Crippen molar-refractivity contribution in [3.8, 4) is 17.2 Å². The average molecular weight is 848 g/mol. The predicted molar refractivity (Wildman–Crippen MR) is 236 cm³/mol. The molecule has 1 saturated carbocycles. The Morgan fingerprint density at radius 2 is 1.27 bits per heavy atom. The summed E-state index contributed by atoms with van der Waals surface area (Å²) in [5.74, 6) is -0.932. The summed E-state index contributed by atoms with van der Waals surface area (Å²) >= 11 is 0. The molecule has 0 heterocycles. The molecule has 5 N–H and O–H groups in total. The van der Waals surface area contributed by atoms with Crippen molar-refractivity contribution in [2.24, 2.45) is 17.8 Å². The second kappa shape index (κ2) is 20.7. The number of nitro benzene ring substituents is 1. The van der Waals surface area contributed by atoms with E-state index in [1.165, 1.54) is 30.3 Å². The van der Waals surface area contributed by atoms with E-state index in [4.69, 9.17) is 19.3 Å². The molecular formula is C47H53N5O10. The molecule has 0 saturated heterocycles. The van der Waals surface area contributed by atoms with Crippen molar-refractivity contribution in [3.05, 3.63) is 117 Å². The molecule has 0 spiro atoms. The Morgan fingerprint density at radius 3 is 1.84 bits per heavy atom. The Balaban J connectivity index is 1.11. The lowest BCUT2D eigenvalue weighted by molar-refractivity contribution is -0.385. The molecule has 0 unspecified atom stereocenters. The number of benzene rings is 4. The fourth-order valence-corrected chi connectivity index (χ4v) is 7.16. The van der Waals surface area contributed by atoms with Crippen molar-refractivity contribution in [1.82, 2.24) is 5.32 Å². The number of hydrogen-bond acceptors (Lipinski definition) is 10. The number of aliphatic hydroxyl groups is 1. The van der Waals surface area contributed by atoms with E-state index in [0.29, 0.717) is 49.3 Å². The Morgan fingerprint density at radius 1 is 0.710 bits per heavy atom. The second-order valence-electron chi connectivity index (χ2n) is 16.2. The standard InChI is InChI=1S/C47H53N5O10/c1-28(2)26-61-41-23-32(45(55)48-35-16-11-31(12-17-35)44(54)49-37-10-6-8-30-7-5-9-36(30)37)13-18-38(41)50-46(56)33-14-19-39(42(24-33)62-27-29(3)4)51-47(57)34-15-20-40(52(58)59)43(25-34)60-22-21-53/h5-8,10,13-15,18-20,23-25,28-29,31,35,53H,9,11-12,16-17,21-22,26-27H2,1-4H3,(H,48,55)(H,49,54)(H,50,56)(H,51,57). The number of amides is 4. The molecule has 2 aliphatic carbocycles. The number of anilines is 3. The highest BCUT2D eigenvalue weighted by Crippen LogP contribution is 2.34. The van der Waals surface area contributed by atoms with Crippen molar-refractivity contribution >= 4 is 52.5 Å². The minimum absolute atomic E-state index is 0.00188. The minimum Gasteiger partial charge on any atom is -0.491 e. The first kappa shape index (κ1) is 44.8. The zero-order valence-corrected chi connectivity index (χ0v) is 35.3. The number of nitrogens with one attached hydrogen (secondary N) is 4. The van der Waals surface area contributed by atoms with Gasteiger partial charge >= 0.3 is 5.69 Å². The number of hydrogen-bond donors (Lipinski definition) is 5. The molecule has 4 aromatic rings. The summed E-state index contributed by atoms with van der Waals surface area (Å²) in [5.41, 5.74) is 3.98. The second-order valence-corrected chi connectivity index (χ2v) is 16.2. The SMILES string of the molecule is CC(C)COc1cc(C(=O)Nc2ccc(C(=O)NC3CCC(C(=O)Nc4cccc5c4CC=C5)CC3)cc2OCC(C)C)ccc1NC(=O)c1ccc([N+](=O)[O-])c(OCCO)c1. The van der Waals surface area contributed by atoms with Crippen LogP contribution in [0.5, 0.6) is 17.2 Å². The monoisotopic (exact) mass is 847 g/mol. The number of rotatable bonds is 18. The number of carbonyl (C=O) groups excluding carboxylic acids is 4. The van der Waals surface area contributed by atoms with Gasteiger partial charge < -0.3 is 40.6 Å². The summed E-state index contributed by atoms with van der Waals surface area (Å²) in [6, 6.07) is 18.8. The van der Waals surface area contributed by atoms with E-state index in [1.807, 2.05) is 45.9 Å². The summed E-state index contributed by atoms with van der Waals surface area (Å²) in [5, 5.41) is 32.5. The van der Waals surface area contributed by atoms with E-state index < -0.39 is 16.7 Å². The van der Waals surface area contributed by atoms with E-state index in [-0.39, 0.29) is 89.4 Å². The summed E-state index contributed by atoms with van der Waals surface area (Å²) < 4.78 is 17.4. The fraction of sp³-hybridized carbons (Fsp3) is 0.362. The van der Waals surface area contributed by atoms with Crippen LogP contribution < -0.4 is 35.5 Å². The number of ether oxygens (including phenoxy) is 3. The third kappa shape index (κ3) is 11.5. The quantitative estimate of drug-likeness (QED) is 0.0481. The van der Waals surface area contributed by atoms with E-state index in [2.05, 4.69) is 33.4 Å². The van der Waals surface area contributed by atoms with Gasteiger partial charge in [-0.2, -0.15) is 0 Å². The molecule has 326 valence electrons. The molecule has 2 aliphatic rings. The van der Waals surface area contributed by atoms with Gasteiger partial charge in [0.2, 0.25) is 5.91 Å². The van der Waals surface area contributed by atoms with Crippen LogP contribution >= 0.6 is 0 Å². The van der Waals surface area contributed by atoms with Gasteiger partial charge in [-0.1, -0.05) is 52.0 Å². The molecule has 4 amide bonds. The Hall–Kier alpha value is -6.74. The molecule has 0 aliphatic heterocycles. The van der Waals surface area contributed by atoms with Gasteiger partial charge in [0.15, 0.2) is 5.75 Å². The first-order chi connectivity index (χ1) is 29.8. The van der Waals surface area contributed by atoms with Gasteiger partial charge in [-0.05, 0) is 104 Å². The molecule has 62 heavy (non-hydrogen) atoms. The molecule has 6 rings (SSSR count). The number of fused-ring (bicyclic) bond motifs is 1. The maximum Gasteiger partial charge on any atom is 0.310 e. The maximum atomic E-state index is 13.8. The lowest BCUT2D eigenvalue weighted by Gasteiger charge is -2.28. The van der Waals surface area contributed by atoms with Crippen molar-refractivity contribution in [2.75, 3.05) is 42.4 Å². The first-order valence-corrected chi connectivity index (χ1v) is 20.9. The third-order valence-electron chi connectivity index (χ3n) is 10.4. The van der Waals surface area contributed by atoms with Gasteiger partial charge in [0, 0.05) is 46.5 Å². The smallest absolute Gasteiger partial charge is 0.310 e. The lowest BCUT2D eigenvalue weighted by atomic mass is 9.85.